The van der Waals surface area contributed by atoms with Crippen molar-refractivity contribution in [1.82, 2.24) is 9.97 Å². The van der Waals surface area contributed by atoms with Gasteiger partial charge in [0.2, 0.25) is 5.95 Å². The molecule has 0 amide bonds. The number of hydrogen-bond donors (Lipinski definition) is 0. The SMILES string of the molecule is CC(C)COc1ccc(N(C)c2ncc(C(F)(F)F)c(Sc3ccccc3)n2)cc1. The molecule has 4 nitrogen and oxygen atoms in total. The Morgan fingerprint density at radius 2 is 1.70 bits per heavy atom. The first kappa shape index (κ1) is 22.0. The van der Waals surface area contributed by atoms with Crippen molar-refractivity contribution in [2.75, 3.05) is 18.6 Å². The molecule has 0 unspecified atom stereocenters. The molecule has 0 radical (unpaired) electrons. The van der Waals surface area contributed by atoms with Gasteiger partial charge in [0.25, 0.3) is 0 Å². The van der Waals surface area contributed by atoms with Crippen LogP contribution >= 0.6 is 11.8 Å². The second-order valence-corrected chi connectivity index (χ2v) is 8.12. The summed E-state index contributed by atoms with van der Waals surface area (Å²) in [5, 5.41) is -0.137. The number of anilines is 2. The number of alkyl halides is 3. The van der Waals surface area contributed by atoms with Crippen molar-refractivity contribution in [2.24, 2.45) is 5.92 Å². The van der Waals surface area contributed by atoms with Gasteiger partial charge in [0, 0.05) is 23.8 Å². The Bertz CT molecular complexity index is 964. The van der Waals surface area contributed by atoms with Crippen LogP contribution in [-0.4, -0.2) is 23.6 Å². The van der Waals surface area contributed by atoms with Crippen molar-refractivity contribution in [3.63, 3.8) is 0 Å². The molecule has 1 aromatic heterocycles. The van der Waals surface area contributed by atoms with Crippen LogP contribution < -0.4 is 9.64 Å². The number of ether oxygens (including phenoxy) is 1. The predicted octanol–water partition coefficient (Wildman–Crippen LogP) is 6.45. The summed E-state index contributed by atoms with van der Waals surface area (Å²) in [5.41, 5.74) is -0.117. The van der Waals surface area contributed by atoms with Crippen LogP contribution in [0.5, 0.6) is 5.75 Å². The van der Waals surface area contributed by atoms with Crippen LogP contribution in [0.25, 0.3) is 0 Å². The number of nitrogens with zero attached hydrogens (tertiary/aromatic N) is 3. The minimum atomic E-state index is -4.54. The van der Waals surface area contributed by atoms with E-state index in [2.05, 4.69) is 23.8 Å². The molecule has 8 heteroatoms. The highest BCUT2D eigenvalue weighted by atomic mass is 32.2. The lowest BCUT2D eigenvalue weighted by Gasteiger charge is -2.20. The van der Waals surface area contributed by atoms with E-state index in [9.17, 15) is 13.2 Å². The normalized spacial score (nSPS) is 11.6. The molecule has 0 atom stereocenters. The van der Waals surface area contributed by atoms with Gasteiger partial charge in [-0.15, -0.1) is 0 Å². The second-order valence-electron chi connectivity index (χ2n) is 7.06. The van der Waals surface area contributed by atoms with E-state index in [1.165, 1.54) is 0 Å². The average Bonchev–Trinajstić information content (AvgIpc) is 2.72. The fraction of sp³-hybridized carbons (Fsp3) is 0.273. The third kappa shape index (κ3) is 5.66. The quantitative estimate of drug-likeness (QED) is 0.400. The van der Waals surface area contributed by atoms with Crippen molar-refractivity contribution in [1.29, 1.82) is 0 Å². The fourth-order valence-corrected chi connectivity index (χ4v) is 3.46. The lowest BCUT2D eigenvalue weighted by atomic mass is 10.2. The van der Waals surface area contributed by atoms with Crippen LogP contribution in [0.15, 0.2) is 70.7 Å². The molecule has 3 aromatic rings. The van der Waals surface area contributed by atoms with E-state index in [0.29, 0.717) is 17.4 Å². The Hall–Kier alpha value is -2.74. The van der Waals surface area contributed by atoms with Crippen molar-refractivity contribution in [3.05, 3.63) is 66.4 Å². The van der Waals surface area contributed by atoms with Crippen molar-refractivity contribution < 1.29 is 17.9 Å². The number of aromatic nitrogens is 2. The van der Waals surface area contributed by atoms with Gasteiger partial charge >= 0.3 is 6.18 Å². The summed E-state index contributed by atoms with van der Waals surface area (Å²) in [7, 11) is 1.71. The zero-order chi connectivity index (χ0) is 21.7. The van der Waals surface area contributed by atoms with Gasteiger partial charge in [0.05, 0.1) is 6.61 Å². The molecule has 0 saturated carbocycles. The molecular weight excluding hydrogens is 411 g/mol. The molecule has 0 aliphatic carbocycles. The maximum atomic E-state index is 13.5. The molecule has 1 heterocycles. The molecule has 0 bridgehead atoms. The van der Waals surface area contributed by atoms with Crippen molar-refractivity contribution in [3.8, 4) is 5.75 Å². The van der Waals surface area contributed by atoms with Gasteiger partial charge in [-0.3, -0.25) is 0 Å². The van der Waals surface area contributed by atoms with Crippen LogP contribution in [0.2, 0.25) is 0 Å². The van der Waals surface area contributed by atoms with E-state index in [0.717, 1.165) is 29.4 Å². The topological polar surface area (TPSA) is 38.2 Å². The third-order valence-electron chi connectivity index (χ3n) is 4.11. The molecule has 2 aromatic carbocycles. The summed E-state index contributed by atoms with van der Waals surface area (Å²) in [4.78, 5) is 10.5. The minimum absolute atomic E-state index is 0.137. The highest BCUT2D eigenvalue weighted by Gasteiger charge is 2.35. The number of benzene rings is 2. The first-order valence-electron chi connectivity index (χ1n) is 9.38. The molecule has 0 N–H and O–H groups in total. The van der Waals surface area contributed by atoms with Gasteiger partial charge < -0.3 is 9.64 Å². The molecule has 0 aliphatic heterocycles. The van der Waals surface area contributed by atoms with E-state index < -0.39 is 11.7 Å². The van der Waals surface area contributed by atoms with Gasteiger partial charge in [0.1, 0.15) is 16.3 Å². The standard InChI is InChI=1S/C22H22F3N3OS/c1-15(2)14-29-17-11-9-16(10-12-17)28(3)21-26-13-19(22(23,24)25)20(27-21)30-18-7-5-4-6-8-18/h4-13,15H,14H2,1-3H3. The van der Waals surface area contributed by atoms with Gasteiger partial charge in [0.15, 0.2) is 0 Å². The van der Waals surface area contributed by atoms with Crippen LogP contribution in [-0.2, 0) is 6.18 Å². The Morgan fingerprint density at radius 1 is 1.03 bits per heavy atom. The van der Waals surface area contributed by atoms with E-state index in [1.54, 1.807) is 36.2 Å². The molecular formula is C22H22F3N3OS. The van der Waals surface area contributed by atoms with E-state index in [1.807, 2.05) is 30.3 Å². The van der Waals surface area contributed by atoms with E-state index >= 15 is 0 Å². The largest absolute Gasteiger partial charge is 0.493 e. The van der Waals surface area contributed by atoms with Gasteiger partial charge in [-0.2, -0.15) is 13.2 Å². The number of halogens is 3. The van der Waals surface area contributed by atoms with Crippen LogP contribution in [0.1, 0.15) is 19.4 Å². The Labute approximate surface area is 178 Å². The maximum Gasteiger partial charge on any atom is 0.420 e. The first-order valence-corrected chi connectivity index (χ1v) is 10.2. The summed E-state index contributed by atoms with van der Waals surface area (Å²) in [6.07, 6.45) is -3.70. The summed E-state index contributed by atoms with van der Waals surface area (Å²) in [6, 6.07) is 16.1. The number of hydrogen-bond acceptors (Lipinski definition) is 5. The molecule has 30 heavy (non-hydrogen) atoms. The molecule has 158 valence electrons. The summed E-state index contributed by atoms with van der Waals surface area (Å²) >= 11 is 0.962. The lowest BCUT2D eigenvalue weighted by Crippen LogP contribution is -2.16. The molecule has 0 spiro atoms. The summed E-state index contributed by atoms with van der Waals surface area (Å²) in [6.45, 7) is 4.74. The number of rotatable bonds is 7. The summed E-state index contributed by atoms with van der Waals surface area (Å²) in [5.74, 6) is 1.32. The zero-order valence-electron chi connectivity index (χ0n) is 16.8. The minimum Gasteiger partial charge on any atom is -0.493 e. The molecule has 0 fully saturated rings. The van der Waals surface area contributed by atoms with E-state index in [4.69, 9.17) is 4.74 Å². The second kappa shape index (κ2) is 9.38. The van der Waals surface area contributed by atoms with Gasteiger partial charge in [-0.1, -0.05) is 43.8 Å². The highest BCUT2D eigenvalue weighted by Crippen LogP contribution is 2.39. The van der Waals surface area contributed by atoms with Crippen LogP contribution in [0, 0.1) is 5.92 Å². The van der Waals surface area contributed by atoms with Crippen LogP contribution in [0.4, 0.5) is 24.8 Å². The Kier molecular flexibility index (Phi) is 6.87. The monoisotopic (exact) mass is 433 g/mol. The highest BCUT2D eigenvalue weighted by molar-refractivity contribution is 7.99. The molecule has 3 rings (SSSR count). The van der Waals surface area contributed by atoms with Gasteiger partial charge in [-0.05, 0) is 42.3 Å². The smallest absolute Gasteiger partial charge is 0.420 e. The molecule has 0 aliphatic rings. The van der Waals surface area contributed by atoms with Gasteiger partial charge in [-0.25, -0.2) is 9.97 Å². The van der Waals surface area contributed by atoms with Crippen molar-refractivity contribution in [2.45, 2.75) is 29.9 Å². The third-order valence-corrected chi connectivity index (χ3v) is 5.12. The van der Waals surface area contributed by atoms with Crippen molar-refractivity contribution >= 4 is 23.4 Å². The van der Waals surface area contributed by atoms with E-state index in [-0.39, 0.29) is 11.0 Å². The average molecular weight is 433 g/mol. The lowest BCUT2D eigenvalue weighted by molar-refractivity contribution is -0.140. The predicted molar refractivity (Wildman–Crippen MR) is 112 cm³/mol. The first-order chi connectivity index (χ1) is 14.2. The Morgan fingerprint density at radius 3 is 2.30 bits per heavy atom. The Balaban J connectivity index is 1.87. The zero-order valence-corrected chi connectivity index (χ0v) is 17.7. The molecule has 0 saturated heterocycles. The maximum absolute atomic E-state index is 13.5. The van der Waals surface area contributed by atoms with Crippen LogP contribution in [0.3, 0.4) is 0 Å². The summed E-state index contributed by atoms with van der Waals surface area (Å²) < 4.78 is 46.0. The fourth-order valence-electron chi connectivity index (χ4n) is 2.54.